The minimum atomic E-state index is 0.769. The van der Waals surface area contributed by atoms with E-state index in [2.05, 4.69) is 44.1 Å². The molecule has 0 unspecified atom stereocenters. The Hall–Kier alpha value is -1.29. The zero-order valence-electron chi connectivity index (χ0n) is 11.5. The van der Waals surface area contributed by atoms with Gasteiger partial charge in [-0.3, -0.25) is 0 Å². The van der Waals surface area contributed by atoms with Crippen LogP contribution in [0.3, 0.4) is 0 Å². The van der Waals surface area contributed by atoms with Crippen LogP contribution >= 0.6 is 11.3 Å². The Morgan fingerprint density at radius 1 is 1.28 bits per heavy atom. The number of fused-ring (bicyclic) bond motifs is 1. The van der Waals surface area contributed by atoms with E-state index in [0.717, 1.165) is 36.0 Å². The standard InChI is InChI=1S/C14H20N2OS/c1-5-7-17-11-8-12-13(10(4)9(11)3)16-14(18-12)15-6-2/h8H,5-7H2,1-4H3,(H,15,16). The van der Waals surface area contributed by atoms with Crippen LogP contribution in [0.5, 0.6) is 5.75 Å². The highest BCUT2D eigenvalue weighted by Crippen LogP contribution is 2.35. The third-order valence-electron chi connectivity index (χ3n) is 2.99. The lowest BCUT2D eigenvalue weighted by Gasteiger charge is -2.10. The number of aromatic nitrogens is 1. The summed E-state index contributed by atoms with van der Waals surface area (Å²) in [5, 5.41) is 4.26. The van der Waals surface area contributed by atoms with Crippen molar-refractivity contribution >= 4 is 26.7 Å². The number of thiazole rings is 1. The Morgan fingerprint density at radius 3 is 2.72 bits per heavy atom. The molecule has 2 aromatic rings. The minimum Gasteiger partial charge on any atom is -0.493 e. The highest BCUT2D eigenvalue weighted by molar-refractivity contribution is 7.22. The van der Waals surface area contributed by atoms with Crippen molar-refractivity contribution in [2.75, 3.05) is 18.5 Å². The van der Waals surface area contributed by atoms with E-state index in [1.165, 1.54) is 15.8 Å². The van der Waals surface area contributed by atoms with Gasteiger partial charge < -0.3 is 10.1 Å². The smallest absolute Gasteiger partial charge is 0.183 e. The molecule has 0 saturated heterocycles. The maximum Gasteiger partial charge on any atom is 0.183 e. The zero-order chi connectivity index (χ0) is 13.1. The van der Waals surface area contributed by atoms with Gasteiger partial charge in [0.15, 0.2) is 5.13 Å². The zero-order valence-corrected chi connectivity index (χ0v) is 12.3. The van der Waals surface area contributed by atoms with Gasteiger partial charge in [0, 0.05) is 6.54 Å². The molecule has 1 heterocycles. The Kier molecular flexibility index (Phi) is 4.07. The van der Waals surface area contributed by atoms with Crippen LogP contribution in [0.25, 0.3) is 10.2 Å². The molecule has 3 nitrogen and oxygen atoms in total. The molecule has 0 aliphatic heterocycles. The summed E-state index contributed by atoms with van der Waals surface area (Å²) in [7, 11) is 0. The number of aryl methyl sites for hydroxylation is 1. The molecule has 1 aromatic carbocycles. The van der Waals surface area contributed by atoms with E-state index in [-0.39, 0.29) is 0 Å². The molecule has 1 aromatic heterocycles. The first-order valence-electron chi connectivity index (χ1n) is 6.44. The third kappa shape index (κ3) is 2.43. The van der Waals surface area contributed by atoms with Crippen molar-refractivity contribution in [3.63, 3.8) is 0 Å². The largest absolute Gasteiger partial charge is 0.493 e. The molecule has 1 N–H and O–H groups in total. The first kappa shape index (κ1) is 13.1. The molecular weight excluding hydrogens is 244 g/mol. The van der Waals surface area contributed by atoms with Crippen molar-refractivity contribution in [1.29, 1.82) is 0 Å². The van der Waals surface area contributed by atoms with Gasteiger partial charge in [-0.1, -0.05) is 18.3 Å². The summed E-state index contributed by atoms with van der Waals surface area (Å²) >= 11 is 1.69. The highest BCUT2D eigenvalue weighted by Gasteiger charge is 2.12. The first-order chi connectivity index (χ1) is 8.67. The Balaban J connectivity index is 2.46. The van der Waals surface area contributed by atoms with Crippen LogP contribution in [0.4, 0.5) is 5.13 Å². The number of benzene rings is 1. The van der Waals surface area contributed by atoms with Crippen molar-refractivity contribution in [2.24, 2.45) is 0 Å². The lowest BCUT2D eigenvalue weighted by Crippen LogP contribution is -1.98. The molecule has 2 rings (SSSR count). The predicted molar refractivity (Wildman–Crippen MR) is 79.0 cm³/mol. The Labute approximate surface area is 112 Å². The fraction of sp³-hybridized carbons (Fsp3) is 0.500. The van der Waals surface area contributed by atoms with Crippen molar-refractivity contribution in [1.82, 2.24) is 4.98 Å². The van der Waals surface area contributed by atoms with Crippen LogP contribution in [0.1, 0.15) is 31.4 Å². The number of rotatable bonds is 5. The molecule has 0 radical (unpaired) electrons. The SMILES string of the molecule is CCCOc1cc2sc(NCC)nc2c(C)c1C. The molecule has 0 spiro atoms. The second kappa shape index (κ2) is 5.57. The van der Waals surface area contributed by atoms with Crippen LogP contribution in [0.15, 0.2) is 6.07 Å². The maximum absolute atomic E-state index is 5.80. The van der Waals surface area contributed by atoms with Gasteiger partial charge in [0.25, 0.3) is 0 Å². The lowest BCUT2D eigenvalue weighted by atomic mass is 10.1. The van der Waals surface area contributed by atoms with E-state index in [4.69, 9.17) is 4.74 Å². The van der Waals surface area contributed by atoms with Crippen molar-refractivity contribution < 1.29 is 4.74 Å². The second-order valence-corrected chi connectivity index (χ2v) is 5.40. The van der Waals surface area contributed by atoms with Crippen LogP contribution in [-0.4, -0.2) is 18.1 Å². The van der Waals surface area contributed by atoms with Gasteiger partial charge in [-0.15, -0.1) is 0 Å². The maximum atomic E-state index is 5.80. The monoisotopic (exact) mass is 264 g/mol. The van der Waals surface area contributed by atoms with Gasteiger partial charge in [-0.2, -0.15) is 0 Å². The van der Waals surface area contributed by atoms with Crippen LogP contribution < -0.4 is 10.1 Å². The van der Waals surface area contributed by atoms with Crippen molar-refractivity contribution in [3.05, 3.63) is 17.2 Å². The van der Waals surface area contributed by atoms with E-state index in [1.54, 1.807) is 11.3 Å². The molecule has 0 aliphatic rings. The van der Waals surface area contributed by atoms with Gasteiger partial charge in [0.1, 0.15) is 5.75 Å². The second-order valence-electron chi connectivity index (χ2n) is 4.37. The van der Waals surface area contributed by atoms with Crippen LogP contribution in [-0.2, 0) is 0 Å². The number of hydrogen-bond donors (Lipinski definition) is 1. The van der Waals surface area contributed by atoms with Gasteiger partial charge in [0.05, 0.1) is 16.8 Å². The average Bonchev–Trinajstić information content (AvgIpc) is 2.75. The van der Waals surface area contributed by atoms with Crippen LogP contribution in [0, 0.1) is 13.8 Å². The number of anilines is 1. The predicted octanol–water partition coefficient (Wildman–Crippen LogP) is 4.13. The molecule has 98 valence electrons. The van der Waals surface area contributed by atoms with Gasteiger partial charge in [-0.25, -0.2) is 4.98 Å². The molecule has 0 fully saturated rings. The summed E-state index contributed by atoms with van der Waals surface area (Å²) in [6.45, 7) is 10.1. The van der Waals surface area contributed by atoms with Gasteiger partial charge >= 0.3 is 0 Å². The van der Waals surface area contributed by atoms with E-state index >= 15 is 0 Å². The topological polar surface area (TPSA) is 34.1 Å². The molecule has 18 heavy (non-hydrogen) atoms. The molecule has 0 bridgehead atoms. The van der Waals surface area contributed by atoms with Crippen molar-refractivity contribution in [2.45, 2.75) is 34.1 Å². The molecule has 0 aliphatic carbocycles. The van der Waals surface area contributed by atoms with E-state index < -0.39 is 0 Å². The van der Waals surface area contributed by atoms with E-state index in [1.807, 2.05) is 0 Å². The summed E-state index contributed by atoms with van der Waals surface area (Å²) in [4.78, 5) is 4.64. The first-order valence-corrected chi connectivity index (χ1v) is 7.26. The summed E-state index contributed by atoms with van der Waals surface area (Å²) in [6, 6.07) is 2.12. The number of nitrogens with zero attached hydrogens (tertiary/aromatic N) is 1. The fourth-order valence-corrected chi connectivity index (χ4v) is 2.90. The highest BCUT2D eigenvalue weighted by atomic mass is 32.1. The van der Waals surface area contributed by atoms with Gasteiger partial charge in [-0.05, 0) is 44.4 Å². The number of ether oxygens (including phenoxy) is 1. The summed E-state index contributed by atoms with van der Waals surface area (Å²) < 4.78 is 7.00. The molecular formula is C14H20N2OS. The summed E-state index contributed by atoms with van der Waals surface area (Å²) in [6.07, 6.45) is 1.03. The fourth-order valence-electron chi connectivity index (χ4n) is 1.88. The summed E-state index contributed by atoms with van der Waals surface area (Å²) in [5.74, 6) is 0.994. The Morgan fingerprint density at radius 2 is 2.06 bits per heavy atom. The molecule has 0 atom stereocenters. The molecule has 0 saturated carbocycles. The quantitative estimate of drug-likeness (QED) is 0.881. The van der Waals surface area contributed by atoms with E-state index in [0.29, 0.717) is 0 Å². The van der Waals surface area contributed by atoms with E-state index in [9.17, 15) is 0 Å². The molecule has 4 heteroatoms. The lowest BCUT2D eigenvalue weighted by molar-refractivity contribution is 0.315. The normalized spacial score (nSPS) is 10.9. The Bertz CT molecular complexity index is 548. The number of nitrogens with one attached hydrogen (secondary N) is 1. The average molecular weight is 264 g/mol. The summed E-state index contributed by atoms with van der Waals surface area (Å²) in [5.41, 5.74) is 3.51. The minimum absolute atomic E-state index is 0.769. The number of hydrogen-bond acceptors (Lipinski definition) is 4. The third-order valence-corrected chi connectivity index (χ3v) is 3.95. The van der Waals surface area contributed by atoms with Crippen LogP contribution in [0.2, 0.25) is 0 Å². The van der Waals surface area contributed by atoms with Crippen molar-refractivity contribution in [3.8, 4) is 5.75 Å². The van der Waals surface area contributed by atoms with Gasteiger partial charge in [0.2, 0.25) is 0 Å². The molecule has 0 amide bonds.